The molecule has 1 heterocycles. The Morgan fingerprint density at radius 3 is 2.12 bits per heavy atom. The number of methoxy groups -OCH3 is 1. The van der Waals surface area contributed by atoms with Crippen LogP contribution in [0.2, 0.25) is 0 Å². The van der Waals surface area contributed by atoms with Crippen LogP contribution in [0.1, 0.15) is 27.5 Å². The Bertz CT molecular complexity index is 1540. The lowest BCUT2D eigenvalue weighted by Crippen LogP contribution is -2.46. The van der Waals surface area contributed by atoms with Crippen LogP contribution in [-0.4, -0.2) is 42.1 Å². The van der Waals surface area contributed by atoms with Crippen molar-refractivity contribution in [1.29, 1.82) is 0 Å². The van der Waals surface area contributed by atoms with E-state index in [0.29, 0.717) is 22.7 Å². The van der Waals surface area contributed by atoms with Crippen LogP contribution >= 0.6 is 0 Å². The van der Waals surface area contributed by atoms with Crippen LogP contribution in [0, 0.1) is 0 Å². The third-order valence-corrected chi connectivity index (χ3v) is 6.72. The molecule has 1 atom stereocenters. The zero-order valence-corrected chi connectivity index (χ0v) is 21.8. The van der Waals surface area contributed by atoms with Crippen LogP contribution in [0.5, 0.6) is 5.75 Å². The minimum absolute atomic E-state index is 0.104. The van der Waals surface area contributed by atoms with Crippen LogP contribution in [0.3, 0.4) is 0 Å². The van der Waals surface area contributed by atoms with Crippen LogP contribution in [0.25, 0.3) is 0 Å². The number of benzene rings is 4. The van der Waals surface area contributed by atoms with Crippen LogP contribution in [0.15, 0.2) is 109 Å². The molecular weight excluding hydrogens is 506 g/mol. The number of nitrogens with zero attached hydrogens (tertiary/aromatic N) is 2. The summed E-state index contributed by atoms with van der Waals surface area (Å²) in [7, 11) is 1.56. The van der Waals surface area contributed by atoms with E-state index in [2.05, 4.69) is 5.32 Å². The van der Waals surface area contributed by atoms with Crippen molar-refractivity contribution in [3.63, 3.8) is 0 Å². The van der Waals surface area contributed by atoms with E-state index in [1.807, 2.05) is 36.4 Å². The molecule has 5 rings (SSSR count). The number of carbonyl (C=O) groups excluding carboxylic acids is 4. The highest BCUT2D eigenvalue weighted by Gasteiger charge is 2.39. The van der Waals surface area contributed by atoms with E-state index in [1.54, 1.807) is 79.9 Å². The van der Waals surface area contributed by atoms with Crippen molar-refractivity contribution in [2.24, 2.45) is 0 Å². The second-order valence-corrected chi connectivity index (χ2v) is 9.28. The average molecular weight is 534 g/mol. The Kier molecular flexibility index (Phi) is 7.68. The van der Waals surface area contributed by atoms with Crippen molar-refractivity contribution in [2.75, 3.05) is 23.9 Å². The zero-order valence-electron chi connectivity index (χ0n) is 21.8. The first-order valence-corrected chi connectivity index (χ1v) is 12.7. The van der Waals surface area contributed by atoms with Crippen molar-refractivity contribution in [2.45, 2.75) is 12.6 Å². The maximum Gasteiger partial charge on any atom is 0.299 e. The van der Waals surface area contributed by atoms with Crippen molar-refractivity contribution >= 4 is 34.9 Å². The van der Waals surface area contributed by atoms with E-state index in [4.69, 9.17) is 4.74 Å². The van der Waals surface area contributed by atoms with Crippen molar-refractivity contribution in [3.8, 4) is 5.75 Å². The van der Waals surface area contributed by atoms with Crippen molar-refractivity contribution in [1.82, 2.24) is 4.90 Å². The summed E-state index contributed by atoms with van der Waals surface area (Å²) in [6.45, 7) is -0.291. The fourth-order valence-electron chi connectivity index (χ4n) is 4.73. The Labute approximate surface area is 231 Å². The highest BCUT2D eigenvalue weighted by atomic mass is 16.5. The molecule has 1 N–H and O–H groups in total. The number of ether oxygens (including phenoxy) is 1. The van der Waals surface area contributed by atoms with Crippen LogP contribution in [0.4, 0.5) is 11.4 Å². The van der Waals surface area contributed by atoms with Crippen LogP contribution < -0.4 is 15.0 Å². The lowest BCUT2D eigenvalue weighted by Gasteiger charge is -2.33. The SMILES string of the molecule is COc1ccc(NC(=O)C(c2ccccc2)N(Cc2ccccc2)C(=O)CN2C(=O)C(=O)c3ccccc32)cc1. The Morgan fingerprint density at radius 1 is 0.825 bits per heavy atom. The highest BCUT2D eigenvalue weighted by molar-refractivity contribution is 6.52. The number of hydrogen-bond donors (Lipinski definition) is 1. The number of anilines is 2. The molecule has 8 heteroatoms. The molecule has 1 aliphatic rings. The van der Waals surface area contributed by atoms with Gasteiger partial charge in [0.15, 0.2) is 0 Å². The number of amides is 3. The maximum atomic E-state index is 14.0. The summed E-state index contributed by atoms with van der Waals surface area (Å²) in [5.41, 5.74) is 2.57. The zero-order chi connectivity index (χ0) is 28.1. The predicted octanol–water partition coefficient (Wildman–Crippen LogP) is 4.63. The fourth-order valence-corrected chi connectivity index (χ4v) is 4.73. The Morgan fingerprint density at radius 2 is 1.45 bits per heavy atom. The largest absolute Gasteiger partial charge is 0.497 e. The molecule has 0 bridgehead atoms. The van der Waals surface area contributed by atoms with Gasteiger partial charge in [0, 0.05) is 12.2 Å². The van der Waals surface area contributed by atoms with Crippen molar-refractivity contribution < 1.29 is 23.9 Å². The van der Waals surface area contributed by atoms with Gasteiger partial charge >= 0.3 is 0 Å². The molecule has 40 heavy (non-hydrogen) atoms. The molecular formula is C32H27N3O5. The number of para-hydroxylation sites is 1. The monoisotopic (exact) mass is 533 g/mol. The van der Waals surface area contributed by atoms with E-state index in [-0.39, 0.29) is 12.1 Å². The smallest absolute Gasteiger partial charge is 0.299 e. The molecule has 4 aromatic rings. The van der Waals surface area contributed by atoms with Gasteiger partial charge in [0.1, 0.15) is 18.3 Å². The molecule has 8 nitrogen and oxygen atoms in total. The second-order valence-electron chi connectivity index (χ2n) is 9.28. The number of hydrogen-bond acceptors (Lipinski definition) is 5. The van der Waals surface area contributed by atoms with Gasteiger partial charge in [0.25, 0.3) is 17.6 Å². The maximum absolute atomic E-state index is 14.0. The van der Waals surface area contributed by atoms with Gasteiger partial charge in [-0.05, 0) is 47.5 Å². The molecule has 0 spiro atoms. The van der Waals surface area contributed by atoms with Gasteiger partial charge < -0.3 is 15.0 Å². The minimum atomic E-state index is -1.03. The van der Waals surface area contributed by atoms with Gasteiger partial charge in [-0.2, -0.15) is 0 Å². The summed E-state index contributed by atoms with van der Waals surface area (Å²) in [6, 6.07) is 30.7. The van der Waals surface area contributed by atoms with Crippen LogP contribution in [-0.2, 0) is 20.9 Å². The first kappa shape index (κ1) is 26.4. The first-order valence-electron chi connectivity index (χ1n) is 12.7. The molecule has 0 aliphatic carbocycles. The topological polar surface area (TPSA) is 96.0 Å². The number of carbonyl (C=O) groups is 4. The molecule has 3 amide bonds. The molecule has 0 saturated carbocycles. The Balaban J connectivity index is 1.51. The summed E-state index contributed by atoms with van der Waals surface area (Å²) in [4.78, 5) is 56.0. The van der Waals surface area contributed by atoms with Gasteiger partial charge in [-0.1, -0.05) is 72.8 Å². The lowest BCUT2D eigenvalue weighted by molar-refractivity contribution is -0.139. The predicted molar refractivity (Wildman–Crippen MR) is 151 cm³/mol. The molecule has 1 aliphatic heterocycles. The number of rotatable bonds is 9. The number of nitrogens with one attached hydrogen (secondary N) is 1. The normalized spacial score (nSPS) is 13.0. The van der Waals surface area contributed by atoms with E-state index >= 15 is 0 Å². The fraction of sp³-hybridized carbons (Fsp3) is 0.125. The highest BCUT2D eigenvalue weighted by Crippen LogP contribution is 2.30. The molecule has 4 aromatic carbocycles. The van der Waals surface area contributed by atoms with E-state index < -0.39 is 36.1 Å². The summed E-state index contributed by atoms with van der Waals surface area (Å²) in [6.07, 6.45) is 0. The molecule has 0 radical (unpaired) electrons. The number of fused-ring (bicyclic) bond motifs is 1. The molecule has 200 valence electrons. The quantitative estimate of drug-likeness (QED) is 0.317. The van der Waals surface area contributed by atoms with Gasteiger partial charge in [-0.15, -0.1) is 0 Å². The minimum Gasteiger partial charge on any atom is -0.497 e. The third kappa shape index (κ3) is 5.47. The lowest BCUT2D eigenvalue weighted by atomic mass is 10.0. The van der Waals surface area contributed by atoms with Crippen molar-refractivity contribution in [3.05, 3.63) is 126 Å². The summed E-state index contributed by atoms with van der Waals surface area (Å²) in [5.74, 6) is -1.70. The average Bonchev–Trinajstić information content (AvgIpc) is 3.23. The van der Waals surface area contributed by atoms with Gasteiger partial charge in [0.05, 0.1) is 18.4 Å². The second kappa shape index (κ2) is 11.7. The summed E-state index contributed by atoms with van der Waals surface area (Å²) >= 11 is 0. The van der Waals surface area contributed by atoms with E-state index in [1.165, 1.54) is 9.80 Å². The molecule has 1 unspecified atom stereocenters. The standard InChI is InChI=1S/C32H27N3O5/c1-40-25-18-16-24(17-19-25)33-31(38)29(23-12-6-3-7-13-23)35(20-22-10-4-2-5-11-22)28(36)21-34-27-15-9-8-14-26(27)30(37)32(34)39/h2-19,29H,20-21H2,1H3,(H,33,38). The number of Topliss-reactive ketones (excluding diaryl/α,β-unsaturated/α-hetero) is 1. The summed E-state index contributed by atoms with van der Waals surface area (Å²) in [5, 5.41) is 2.92. The first-order chi connectivity index (χ1) is 19.5. The summed E-state index contributed by atoms with van der Waals surface area (Å²) < 4.78 is 5.21. The Hall–Kier alpha value is -5.24. The van der Waals surface area contributed by atoms with Gasteiger partial charge in [-0.25, -0.2) is 0 Å². The molecule has 0 fully saturated rings. The van der Waals surface area contributed by atoms with E-state index in [0.717, 1.165) is 5.56 Å². The van der Waals surface area contributed by atoms with E-state index in [9.17, 15) is 19.2 Å². The molecule has 0 saturated heterocycles. The van der Waals surface area contributed by atoms with Gasteiger partial charge in [0.2, 0.25) is 5.91 Å². The van der Waals surface area contributed by atoms with Gasteiger partial charge in [-0.3, -0.25) is 24.1 Å². The molecule has 0 aromatic heterocycles. The number of ketones is 1. The third-order valence-electron chi connectivity index (χ3n) is 6.72.